The molecule has 3 aromatic rings. The molecule has 150 valence electrons. The predicted molar refractivity (Wildman–Crippen MR) is 116 cm³/mol. The van der Waals surface area contributed by atoms with Crippen LogP contribution in [0.2, 0.25) is 0 Å². The molecule has 0 spiro atoms. The lowest BCUT2D eigenvalue weighted by atomic mass is 10.0. The molecule has 1 atom stereocenters. The van der Waals surface area contributed by atoms with Gasteiger partial charge in [0.2, 0.25) is 5.91 Å². The Kier molecular flexibility index (Phi) is 7.58. The zero-order valence-corrected chi connectivity index (χ0v) is 17.3. The zero-order chi connectivity index (χ0) is 20.5. The molecule has 0 unspecified atom stereocenters. The summed E-state index contributed by atoms with van der Waals surface area (Å²) in [5, 5.41) is 12.4. The molecular formula is C22H25N5OS. The molecule has 0 fully saturated rings. The van der Waals surface area contributed by atoms with Crippen molar-refractivity contribution in [1.29, 1.82) is 0 Å². The van der Waals surface area contributed by atoms with Gasteiger partial charge in [-0.25, -0.2) is 0 Å². The summed E-state index contributed by atoms with van der Waals surface area (Å²) in [6, 6.07) is 13.9. The maximum absolute atomic E-state index is 12.6. The first kappa shape index (κ1) is 20.8. The molecule has 1 aromatic carbocycles. The minimum atomic E-state index is -0.0177. The molecule has 0 saturated carbocycles. The van der Waals surface area contributed by atoms with E-state index >= 15 is 0 Å². The molecule has 3 rings (SSSR count). The molecule has 2 aromatic heterocycles. The summed E-state index contributed by atoms with van der Waals surface area (Å²) >= 11 is 1.38. The van der Waals surface area contributed by atoms with Crippen molar-refractivity contribution >= 4 is 17.7 Å². The van der Waals surface area contributed by atoms with Gasteiger partial charge in [0, 0.05) is 24.5 Å². The summed E-state index contributed by atoms with van der Waals surface area (Å²) in [6.07, 6.45) is 7.14. The van der Waals surface area contributed by atoms with Crippen molar-refractivity contribution in [1.82, 2.24) is 25.1 Å². The second kappa shape index (κ2) is 10.6. The molecule has 0 aliphatic carbocycles. The minimum Gasteiger partial charge on any atom is -0.349 e. The van der Waals surface area contributed by atoms with Gasteiger partial charge in [-0.05, 0) is 24.1 Å². The van der Waals surface area contributed by atoms with E-state index in [-0.39, 0.29) is 17.7 Å². The van der Waals surface area contributed by atoms with E-state index in [0.29, 0.717) is 11.7 Å². The molecule has 0 aliphatic heterocycles. The zero-order valence-electron chi connectivity index (χ0n) is 16.5. The number of hydrogen-bond acceptors (Lipinski definition) is 5. The van der Waals surface area contributed by atoms with Gasteiger partial charge in [0.25, 0.3) is 0 Å². The number of nitrogens with zero attached hydrogens (tertiary/aromatic N) is 4. The van der Waals surface area contributed by atoms with E-state index in [1.807, 2.05) is 34.9 Å². The Balaban J connectivity index is 1.68. The molecule has 29 heavy (non-hydrogen) atoms. The molecule has 1 N–H and O–H groups in total. The number of rotatable bonds is 10. The highest BCUT2D eigenvalue weighted by Crippen LogP contribution is 2.24. The van der Waals surface area contributed by atoms with E-state index in [2.05, 4.69) is 46.1 Å². The molecule has 0 bridgehead atoms. The molecule has 0 radical (unpaired) electrons. The van der Waals surface area contributed by atoms with Crippen LogP contribution in [-0.4, -0.2) is 31.4 Å². The number of thioether (sulfide) groups is 1. The van der Waals surface area contributed by atoms with Crippen molar-refractivity contribution < 1.29 is 4.79 Å². The van der Waals surface area contributed by atoms with Crippen molar-refractivity contribution in [3.63, 3.8) is 0 Å². The molecule has 6 nitrogen and oxygen atoms in total. The van der Waals surface area contributed by atoms with Gasteiger partial charge in [0.1, 0.15) is 0 Å². The Hall–Kier alpha value is -2.93. The lowest BCUT2D eigenvalue weighted by Gasteiger charge is -2.18. The molecule has 0 aliphatic rings. The van der Waals surface area contributed by atoms with E-state index in [4.69, 9.17) is 0 Å². The van der Waals surface area contributed by atoms with Crippen LogP contribution in [0.4, 0.5) is 0 Å². The quantitative estimate of drug-likeness (QED) is 0.401. The average molecular weight is 408 g/mol. The van der Waals surface area contributed by atoms with Crippen molar-refractivity contribution in [2.75, 3.05) is 5.75 Å². The van der Waals surface area contributed by atoms with Crippen LogP contribution in [0.5, 0.6) is 0 Å². The summed E-state index contributed by atoms with van der Waals surface area (Å²) in [5.41, 5.74) is 2.06. The van der Waals surface area contributed by atoms with Crippen molar-refractivity contribution in [3.8, 4) is 11.4 Å². The van der Waals surface area contributed by atoms with Gasteiger partial charge >= 0.3 is 0 Å². The smallest absolute Gasteiger partial charge is 0.230 e. The van der Waals surface area contributed by atoms with Gasteiger partial charge in [-0.3, -0.25) is 14.3 Å². The standard InChI is InChI=1S/C22H25N5OS/c1-3-8-19(17-9-6-5-7-10-17)24-20(28)16-29-22-26-25-21(27(22)15-4-2)18-11-13-23-14-12-18/h4-7,9-14,19H,2-3,8,15-16H2,1H3,(H,24,28)/t19-/m0/s1. The third-order valence-corrected chi connectivity index (χ3v) is 5.38. The van der Waals surface area contributed by atoms with Crippen LogP contribution in [0.3, 0.4) is 0 Å². The first-order chi connectivity index (χ1) is 14.2. The van der Waals surface area contributed by atoms with Crippen LogP contribution in [0.1, 0.15) is 31.4 Å². The fraction of sp³-hybridized carbons (Fsp3) is 0.273. The van der Waals surface area contributed by atoms with E-state index in [9.17, 15) is 4.79 Å². The minimum absolute atomic E-state index is 0.0177. The van der Waals surface area contributed by atoms with Crippen molar-refractivity contribution in [3.05, 3.63) is 73.1 Å². The topological polar surface area (TPSA) is 72.7 Å². The monoisotopic (exact) mass is 407 g/mol. The van der Waals surface area contributed by atoms with Gasteiger partial charge < -0.3 is 5.32 Å². The van der Waals surface area contributed by atoms with Gasteiger partial charge in [0.15, 0.2) is 11.0 Å². The maximum Gasteiger partial charge on any atom is 0.230 e. The molecule has 1 amide bonds. The number of aromatic nitrogens is 4. The number of nitrogens with one attached hydrogen (secondary N) is 1. The number of allylic oxidation sites excluding steroid dienone is 1. The lowest BCUT2D eigenvalue weighted by Crippen LogP contribution is -2.30. The summed E-state index contributed by atoms with van der Waals surface area (Å²) in [7, 11) is 0. The van der Waals surface area contributed by atoms with Crippen LogP contribution in [0.25, 0.3) is 11.4 Å². The van der Waals surface area contributed by atoms with Crippen molar-refractivity contribution in [2.45, 2.75) is 37.5 Å². The normalized spacial score (nSPS) is 11.8. The highest BCUT2D eigenvalue weighted by molar-refractivity contribution is 7.99. The van der Waals surface area contributed by atoms with Gasteiger partial charge in [-0.2, -0.15) is 0 Å². The number of benzene rings is 1. The lowest BCUT2D eigenvalue weighted by molar-refractivity contribution is -0.119. The van der Waals surface area contributed by atoms with Crippen LogP contribution in [-0.2, 0) is 11.3 Å². The number of carbonyl (C=O) groups is 1. The van der Waals surface area contributed by atoms with Gasteiger partial charge in [-0.15, -0.1) is 16.8 Å². The molecule has 7 heteroatoms. The summed E-state index contributed by atoms with van der Waals surface area (Å²) in [5.74, 6) is 0.998. The molecule has 2 heterocycles. The molecule has 0 saturated heterocycles. The number of carbonyl (C=O) groups excluding carboxylic acids is 1. The Bertz CT molecular complexity index is 927. The number of hydrogen-bond donors (Lipinski definition) is 1. The molecular weight excluding hydrogens is 382 g/mol. The van der Waals surface area contributed by atoms with Crippen molar-refractivity contribution in [2.24, 2.45) is 0 Å². The second-order valence-corrected chi connectivity index (χ2v) is 7.49. The van der Waals surface area contributed by atoms with Crippen LogP contribution in [0, 0.1) is 0 Å². The van der Waals surface area contributed by atoms with Gasteiger partial charge in [-0.1, -0.05) is 61.5 Å². The Labute approximate surface area is 175 Å². The predicted octanol–water partition coefficient (Wildman–Crippen LogP) is 4.28. The SMILES string of the molecule is C=CCn1c(SCC(=O)N[C@@H](CCC)c2ccccc2)nnc1-c1ccncc1. The number of amides is 1. The van der Waals surface area contributed by atoms with E-state index < -0.39 is 0 Å². The van der Waals surface area contributed by atoms with Crippen LogP contribution < -0.4 is 5.32 Å². The highest BCUT2D eigenvalue weighted by atomic mass is 32.2. The van der Waals surface area contributed by atoms with E-state index in [0.717, 1.165) is 29.8 Å². The van der Waals surface area contributed by atoms with E-state index in [1.54, 1.807) is 18.5 Å². The Morgan fingerprint density at radius 2 is 1.97 bits per heavy atom. The highest BCUT2D eigenvalue weighted by Gasteiger charge is 2.17. The second-order valence-electron chi connectivity index (χ2n) is 6.55. The maximum atomic E-state index is 12.6. The first-order valence-corrected chi connectivity index (χ1v) is 10.6. The first-order valence-electron chi connectivity index (χ1n) is 9.64. The number of pyridine rings is 1. The largest absolute Gasteiger partial charge is 0.349 e. The third kappa shape index (κ3) is 5.54. The summed E-state index contributed by atoms with van der Waals surface area (Å²) in [4.78, 5) is 16.6. The Morgan fingerprint density at radius 1 is 1.21 bits per heavy atom. The Morgan fingerprint density at radius 3 is 2.66 bits per heavy atom. The summed E-state index contributed by atoms with van der Waals surface area (Å²) < 4.78 is 1.96. The van der Waals surface area contributed by atoms with Crippen LogP contribution >= 0.6 is 11.8 Å². The fourth-order valence-electron chi connectivity index (χ4n) is 3.07. The van der Waals surface area contributed by atoms with Gasteiger partial charge in [0.05, 0.1) is 11.8 Å². The average Bonchev–Trinajstić information content (AvgIpc) is 3.16. The fourth-order valence-corrected chi connectivity index (χ4v) is 3.82. The van der Waals surface area contributed by atoms with E-state index in [1.165, 1.54) is 11.8 Å². The third-order valence-electron chi connectivity index (χ3n) is 4.41. The summed E-state index contributed by atoms with van der Waals surface area (Å²) in [6.45, 7) is 6.51. The van der Waals surface area contributed by atoms with Crippen LogP contribution in [0.15, 0.2) is 72.7 Å².